The van der Waals surface area contributed by atoms with Gasteiger partial charge in [0, 0.05) is 12.5 Å². The number of aromatic nitrogens is 3. The number of rotatable bonds is 7. The van der Waals surface area contributed by atoms with E-state index in [0.29, 0.717) is 10.4 Å². The second-order valence-corrected chi connectivity index (χ2v) is 8.18. The summed E-state index contributed by atoms with van der Waals surface area (Å²) < 4.78 is 61.2. The van der Waals surface area contributed by atoms with Gasteiger partial charge < -0.3 is 10.5 Å². The van der Waals surface area contributed by atoms with Gasteiger partial charge in [-0.15, -0.1) is 0 Å². The second-order valence-electron chi connectivity index (χ2n) is 5.52. The van der Waals surface area contributed by atoms with Gasteiger partial charge in [-0.2, -0.15) is 23.0 Å². The number of hydrogen-bond donors (Lipinski definition) is 1. The summed E-state index contributed by atoms with van der Waals surface area (Å²) in [7, 11) is -4.03. The number of nitrogens with zero attached hydrogens (tertiary/aromatic N) is 3. The summed E-state index contributed by atoms with van der Waals surface area (Å²) in [5, 5.41) is 17.4. The molecule has 2 heterocycles. The van der Waals surface area contributed by atoms with E-state index >= 15 is 0 Å². The molecule has 0 saturated carbocycles. The van der Waals surface area contributed by atoms with E-state index < -0.39 is 46.3 Å². The Hall–Kier alpha value is -2.34. The molecule has 2 rings (SSSR count). The molecule has 2 aromatic rings. The van der Waals surface area contributed by atoms with Crippen molar-refractivity contribution in [2.45, 2.75) is 19.0 Å². The van der Waals surface area contributed by atoms with Crippen LogP contribution in [0.2, 0.25) is 5.15 Å². The van der Waals surface area contributed by atoms with Crippen LogP contribution in [0.5, 0.6) is 0 Å². The predicted octanol–water partition coefficient (Wildman–Crippen LogP) is 1.85. The SMILES string of the molecule is O=C(CCS(=O)(=O)CCC(F)(F)F)Nc1cn(-c2ccc[n+]([O-])c2)nc1Cl. The van der Waals surface area contributed by atoms with Gasteiger partial charge in [-0.25, -0.2) is 13.1 Å². The first-order valence-corrected chi connectivity index (χ1v) is 9.66. The normalized spacial score (nSPS) is 12.1. The lowest BCUT2D eigenvalue weighted by atomic mass is 10.4. The van der Waals surface area contributed by atoms with Crippen molar-refractivity contribution in [2.75, 3.05) is 16.8 Å². The minimum atomic E-state index is -4.59. The van der Waals surface area contributed by atoms with E-state index in [1.54, 1.807) is 6.07 Å². The minimum absolute atomic E-state index is 0.0654. The molecule has 0 fully saturated rings. The third-order valence-electron chi connectivity index (χ3n) is 3.30. The Balaban J connectivity index is 1.96. The summed E-state index contributed by atoms with van der Waals surface area (Å²) in [6.07, 6.45) is -2.80. The predicted molar refractivity (Wildman–Crippen MR) is 90.1 cm³/mol. The number of halogens is 4. The highest BCUT2D eigenvalue weighted by atomic mass is 35.5. The van der Waals surface area contributed by atoms with E-state index in [9.17, 15) is 31.6 Å². The van der Waals surface area contributed by atoms with Crippen LogP contribution in [0.1, 0.15) is 12.8 Å². The number of hydrogen-bond acceptors (Lipinski definition) is 5. The minimum Gasteiger partial charge on any atom is -0.619 e. The summed E-state index contributed by atoms with van der Waals surface area (Å²) in [5.74, 6) is -2.56. The first-order valence-electron chi connectivity index (χ1n) is 7.46. The van der Waals surface area contributed by atoms with Gasteiger partial charge in [0.2, 0.25) is 12.1 Å². The lowest BCUT2D eigenvalue weighted by Crippen LogP contribution is -2.25. The van der Waals surface area contributed by atoms with Gasteiger partial charge in [-0.05, 0) is 6.07 Å². The van der Waals surface area contributed by atoms with E-state index in [-0.39, 0.29) is 10.8 Å². The highest BCUT2D eigenvalue weighted by Crippen LogP contribution is 2.22. The maximum absolute atomic E-state index is 12.1. The monoisotopic (exact) mass is 426 g/mol. The summed E-state index contributed by atoms with van der Waals surface area (Å²) in [6.45, 7) is 0. The third kappa shape index (κ3) is 6.71. The molecule has 8 nitrogen and oxygen atoms in total. The number of carbonyl (C=O) groups is 1. The van der Waals surface area contributed by atoms with Crippen molar-refractivity contribution in [1.82, 2.24) is 9.78 Å². The number of amides is 1. The Morgan fingerprint density at radius 3 is 2.70 bits per heavy atom. The third-order valence-corrected chi connectivity index (χ3v) is 5.24. The van der Waals surface area contributed by atoms with E-state index in [0.717, 1.165) is 0 Å². The molecule has 0 aliphatic carbocycles. The Bertz CT molecular complexity index is 931. The van der Waals surface area contributed by atoms with Gasteiger partial charge in [-0.1, -0.05) is 11.6 Å². The molecule has 0 bridgehead atoms. The highest BCUT2D eigenvalue weighted by Gasteiger charge is 2.30. The van der Waals surface area contributed by atoms with Crippen LogP contribution in [-0.2, 0) is 14.6 Å². The smallest absolute Gasteiger partial charge is 0.390 e. The average molecular weight is 427 g/mol. The molecule has 1 N–H and O–H groups in total. The van der Waals surface area contributed by atoms with Crippen LogP contribution in [-0.4, -0.2) is 41.8 Å². The van der Waals surface area contributed by atoms with Crippen molar-refractivity contribution in [3.05, 3.63) is 41.1 Å². The van der Waals surface area contributed by atoms with Gasteiger partial charge in [0.15, 0.2) is 21.2 Å². The van der Waals surface area contributed by atoms with Gasteiger partial charge in [-0.3, -0.25) is 4.79 Å². The van der Waals surface area contributed by atoms with Gasteiger partial charge >= 0.3 is 6.18 Å². The van der Waals surface area contributed by atoms with Crippen molar-refractivity contribution in [3.8, 4) is 5.69 Å². The highest BCUT2D eigenvalue weighted by molar-refractivity contribution is 7.91. The number of alkyl halides is 3. The standard InChI is InChI=1S/C14H14ClF3N4O4S/c15-13-11(9-22(20-13)10-2-1-5-21(24)8-10)19-12(23)3-6-27(25,26)7-4-14(16,17)18/h1-2,5,8-9H,3-4,6-7H2,(H,19,23). The van der Waals surface area contributed by atoms with E-state index in [1.165, 1.54) is 29.3 Å². The summed E-state index contributed by atoms with van der Waals surface area (Å²) in [4.78, 5) is 11.9. The molecule has 1 amide bonds. The Kier molecular flexibility index (Phi) is 6.31. The number of pyridine rings is 1. The molecule has 0 spiro atoms. The van der Waals surface area contributed by atoms with Crippen LogP contribution in [0.15, 0.2) is 30.7 Å². The zero-order valence-electron chi connectivity index (χ0n) is 13.6. The first kappa shape index (κ1) is 21.0. The Labute approximate surface area is 157 Å². The second kappa shape index (κ2) is 8.13. The molecule has 13 heteroatoms. The molecule has 0 aliphatic heterocycles. The lowest BCUT2D eigenvalue weighted by Gasteiger charge is -2.07. The fourth-order valence-corrected chi connectivity index (χ4v) is 3.40. The maximum atomic E-state index is 12.1. The number of carbonyl (C=O) groups excluding carboxylic acids is 1. The van der Waals surface area contributed by atoms with Gasteiger partial charge in [0.05, 0.1) is 29.8 Å². The summed E-state index contributed by atoms with van der Waals surface area (Å²) in [6, 6.07) is 3.04. The molecular weight excluding hydrogens is 413 g/mol. The van der Waals surface area contributed by atoms with Crippen molar-refractivity contribution < 1.29 is 31.1 Å². The van der Waals surface area contributed by atoms with Crippen molar-refractivity contribution in [2.24, 2.45) is 0 Å². The van der Waals surface area contributed by atoms with E-state index in [4.69, 9.17) is 11.6 Å². The molecule has 0 aromatic carbocycles. The Morgan fingerprint density at radius 1 is 1.37 bits per heavy atom. The van der Waals surface area contributed by atoms with Crippen LogP contribution in [0.3, 0.4) is 0 Å². The van der Waals surface area contributed by atoms with Crippen molar-refractivity contribution in [1.29, 1.82) is 0 Å². The zero-order chi connectivity index (χ0) is 20.2. The van der Waals surface area contributed by atoms with Crippen molar-refractivity contribution in [3.63, 3.8) is 0 Å². The molecule has 0 aliphatic rings. The van der Waals surface area contributed by atoms with Crippen LogP contribution in [0.4, 0.5) is 18.9 Å². The van der Waals surface area contributed by atoms with Gasteiger partial charge in [0.25, 0.3) is 0 Å². The summed E-state index contributed by atoms with van der Waals surface area (Å²) in [5.41, 5.74) is 0.431. The largest absolute Gasteiger partial charge is 0.619 e. The molecule has 0 atom stereocenters. The number of nitrogens with one attached hydrogen (secondary N) is 1. The lowest BCUT2D eigenvalue weighted by molar-refractivity contribution is -0.605. The maximum Gasteiger partial charge on any atom is 0.390 e. The molecule has 0 unspecified atom stereocenters. The number of anilines is 1. The molecule has 0 radical (unpaired) electrons. The van der Waals surface area contributed by atoms with Crippen molar-refractivity contribution >= 4 is 33.0 Å². The molecule has 148 valence electrons. The van der Waals surface area contributed by atoms with E-state index in [1.807, 2.05) is 0 Å². The van der Waals surface area contributed by atoms with Crippen LogP contribution in [0.25, 0.3) is 5.69 Å². The fraction of sp³-hybridized carbons (Fsp3) is 0.357. The molecular formula is C14H14ClF3N4O4S. The Morgan fingerprint density at radius 2 is 2.07 bits per heavy atom. The quantitative estimate of drug-likeness (QED) is 0.537. The topological polar surface area (TPSA) is 108 Å². The zero-order valence-corrected chi connectivity index (χ0v) is 15.2. The van der Waals surface area contributed by atoms with Crippen LogP contribution >= 0.6 is 11.6 Å². The van der Waals surface area contributed by atoms with Crippen LogP contribution in [0, 0.1) is 5.21 Å². The first-order chi connectivity index (χ1) is 12.5. The van der Waals surface area contributed by atoms with Gasteiger partial charge in [0.1, 0.15) is 5.69 Å². The molecule has 27 heavy (non-hydrogen) atoms. The fourth-order valence-electron chi connectivity index (χ4n) is 1.98. The average Bonchev–Trinajstić information content (AvgIpc) is 2.92. The summed E-state index contributed by atoms with van der Waals surface area (Å²) >= 11 is 5.89. The van der Waals surface area contributed by atoms with Crippen LogP contribution < -0.4 is 10.0 Å². The number of sulfone groups is 1. The van der Waals surface area contributed by atoms with E-state index in [2.05, 4.69) is 10.4 Å². The molecule has 2 aromatic heterocycles. The molecule has 0 saturated heterocycles.